The van der Waals surface area contributed by atoms with Gasteiger partial charge >= 0.3 is 0 Å². The molecule has 0 saturated carbocycles. The number of rotatable bonds is 13. The van der Waals surface area contributed by atoms with Gasteiger partial charge in [0.2, 0.25) is 0 Å². The monoisotopic (exact) mass is 952 g/mol. The minimum absolute atomic E-state index is 0. The Morgan fingerprint density at radius 1 is 0.633 bits per heavy atom. The van der Waals surface area contributed by atoms with Crippen LogP contribution in [-0.4, -0.2) is 62.2 Å². The smallest absolute Gasteiger partial charge is 0.296 e. The van der Waals surface area contributed by atoms with Gasteiger partial charge in [0.05, 0.1) is 51.7 Å². The van der Waals surface area contributed by atoms with Crippen LogP contribution in [0.2, 0.25) is 0 Å². The maximum absolute atomic E-state index is 12.0. The third-order valence-corrected chi connectivity index (χ3v) is 11.3. The Kier molecular flexibility index (Phi) is 13.8. The summed E-state index contributed by atoms with van der Waals surface area (Å²) in [5, 5.41) is 58.4. The summed E-state index contributed by atoms with van der Waals surface area (Å²) in [5.74, 6) is -1.50. The fraction of sp³-hybridized carbons (Fsp3) is 0.0303. The van der Waals surface area contributed by atoms with E-state index >= 15 is 0 Å². The predicted octanol–water partition coefficient (Wildman–Crippen LogP) is 9.74. The maximum Gasteiger partial charge on any atom is 0.296 e. The van der Waals surface area contributed by atoms with Gasteiger partial charge < -0.3 is 34.3 Å². The van der Waals surface area contributed by atoms with Gasteiger partial charge in [-0.15, -0.1) is 29.9 Å². The molecule has 10 N–H and O–H groups in total. The van der Waals surface area contributed by atoms with Gasteiger partial charge in [0.25, 0.3) is 20.2 Å². The van der Waals surface area contributed by atoms with E-state index in [0.717, 1.165) is 54.5 Å². The van der Waals surface area contributed by atoms with E-state index in [4.69, 9.17) is 15.7 Å². The molecule has 27 heteroatoms. The summed E-state index contributed by atoms with van der Waals surface area (Å²) in [6, 6.07) is 17.9. The number of nitrogens with two attached hydrogens (primary N) is 1. The van der Waals surface area contributed by atoms with Gasteiger partial charge in [-0.3, -0.25) is 9.11 Å². The van der Waals surface area contributed by atoms with Gasteiger partial charge in [-0.1, -0.05) is 11.1 Å². The molecule has 0 amide bonds. The second-order valence-corrected chi connectivity index (χ2v) is 16.9. The minimum atomic E-state index is -4.84. The molecule has 0 aliphatic carbocycles. The molecule has 0 spiro atoms. The van der Waals surface area contributed by atoms with Crippen molar-refractivity contribution in [3.05, 3.63) is 84.9 Å². The first kappa shape index (κ1) is 45.7. The molecule has 0 aliphatic rings. The van der Waals surface area contributed by atoms with Gasteiger partial charge in [0, 0.05) is 50.3 Å². The number of nitrogens with zero attached hydrogens (tertiary/aromatic N) is 6. The van der Waals surface area contributed by atoms with E-state index in [-0.39, 0.29) is 61.7 Å². The molecule has 0 heterocycles. The molecule has 60 heavy (non-hydrogen) atoms. The van der Waals surface area contributed by atoms with Crippen LogP contribution in [0.25, 0.3) is 21.5 Å². The normalized spacial score (nSPS) is 12.8. The summed E-state index contributed by atoms with van der Waals surface area (Å²) >= 11 is 0.745. The van der Waals surface area contributed by atoms with E-state index in [1.54, 1.807) is 24.3 Å². The molecule has 0 unspecified atom stereocenters. The van der Waals surface area contributed by atoms with Crippen molar-refractivity contribution in [3.8, 4) is 17.2 Å². The fourth-order valence-electron chi connectivity index (χ4n) is 5.36. The number of phenolic OH excluding ortho intramolecular Hbond substituents is 2. The molecule has 6 rings (SSSR count). The average molecular weight is 953 g/mol. The van der Waals surface area contributed by atoms with Crippen LogP contribution < -0.4 is 10.5 Å². The van der Waals surface area contributed by atoms with Crippen molar-refractivity contribution >= 4 is 105 Å². The molecule has 22 nitrogen and oxygen atoms in total. The Labute approximate surface area is 354 Å². The SMILES string of the molecule is COc1cc(N=Nc2c(S(O)(O)O)cc3cc(S(=O)(=O)O)c(N)cc3c2O)c(O)cc1N=Nc1ccc(N=Nc2ccc(SOOO)cc2)c2ccc(S(=O)(=O)O)cc12.[Cu]. The van der Waals surface area contributed by atoms with E-state index in [1.807, 2.05) is 0 Å². The molecular weight excluding hydrogens is 926 g/mol. The number of nitrogen functional groups attached to an aromatic ring is 1. The average Bonchev–Trinajstić information content (AvgIpc) is 3.17. The summed E-state index contributed by atoms with van der Waals surface area (Å²) in [6.07, 6.45) is 0. The Balaban J connectivity index is 0.00000683. The molecule has 0 aromatic heterocycles. The van der Waals surface area contributed by atoms with Crippen molar-refractivity contribution in [1.82, 2.24) is 0 Å². The summed E-state index contributed by atoms with van der Waals surface area (Å²) in [7, 11) is -12.9. The number of azo groups is 3. The van der Waals surface area contributed by atoms with Crippen LogP contribution >= 0.6 is 22.9 Å². The Morgan fingerprint density at radius 3 is 1.87 bits per heavy atom. The number of anilines is 1. The van der Waals surface area contributed by atoms with Crippen molar-refractivity contribution in [3.63, 3.8) is 0 Å². The number of hydrogen-bond donors (Lipinski definition) is 9. The topological polar surface area (TPSA) is 358 Å². The summed E-state index contributed by atoms with van der Waals surface area (Å²) in [4.78, 5) is -1.45. The van der Waals surface area contributed by atoms with Gasteiger partial charge in [0.1, 0.15) is 44.3 Å². The van der Waals surface area contributed by atoms with Crippen LogP contribution in [0.1, 0.15) is 0 Å². The third-order valence-electron chi connectivity index (χ3n) is 8.06. The second kappa shape index (κ2) is 18.1. The number of aromatic hydroxyl groups is 2. The van der Waals surface area contributed by atoms with Crippen LogP contribution in [0.3, 0.4) is 0 Å². The fourth-order valence-corrected chi connectivity index (χ4v) is 7.54. The molecule has 6 aromatic rings. The number of phenols is 2. The van der Waals surface area contributed by atoms with Crippen molar-refractivity contribution in [2.24, 2.45) is 30.7 Å². The summed E-state index contributed by atoms with van der Waals surface area (Å²) < 4.78 is 107. The second-order valence-electron chi connectivity index (χ2n) is 11.8. The van der Waals surface area contributed by atoms with E-state index in [2.05, 4.69) is 40.1 Å². The predicted molar refractivity (Wildman–Crippen MR) is 212 cm³/mol. The van der Waals surface area contributed by atoms with Gasteiger partial charge in [-0.2, -0.15) is 21.9 Å². The standard InChI is InChI=1S/C33H27N7O15S4.Cu/c1-53-29-15-26(38-40-32-31(59(50,51)52)11-16-10-30(58(47,48)49)23(34)13-21(16)33(32)42)28(41)14-27(29)39-37-25-9-8-24(20-7-6-19(12-22(20)25)57(44,45)46)36-35-17-2-4-18(5-3-17)56-55-54-43;/h2-15,41-43,50-52H,34H2,1H3,(H,44,45,46)(H,47,48,49);. The summed E-state index contributed by atoms with van der Waals surface area (Å²) in [6.45, 7) is 0. The zero-order chi connectivity index (χ0) is 42.9. The zero-order valence-corrected chi connectivity index (χ0v) is 33.9. The molecule has 0 bridgehead atoms. The van der Waals surface area contributed by atoms with Crippen LogP contribution in [0, 0.1) is 0 Å². The Bertz CT molecular complexity index is 2950. The molecule has 319 valence electrons. The van der Waals surface area contributed by atoms with Gasteiger partial charge in [-0.05, 0) is 72.1 Å². The van der Waals surface area contributed by atoms with Gasteiger partial charge in [-0.25, -0.2) is 5.26 Å². The van der Waals surface area contributed by atoms with E-state index in [9.17, 15) is 49.8 Å². The molecule has 6 aromatic carbocycles. The van der Waals surface area contributed by atoms with Crippen molar-refractivity contribution in [2.45, 2.75) is 19.6 Å². The van der Waals surface area contributed by atoms with Crippen molar-refractivity contribution in [2.75, 3.05) is 12.8 Å². The number of fused-ring (bicyclic) bond motifs is 2. The molecule has 0 fully saturated rings. The van der Waals surface area contributed by atoms with E-state index in [0.29, 0.717) is 16.0 Å². The van der Waals surface area contributed by atoms with E-state index in [1.165, 1.54) is 25.3 Å². The van der Waals surface area contributed by atoms with Crippen LogP contribution in [0.5, 0.6) is 17.2 Å². The number of hydrogen-bond acceptors (Lipinski definition) is 21. The molecular formula is C33H27CuN7O15S4. The van der Waals surface area contributed by atoms with Crippen LogP contribution in [0.4, 0.5) is 39.8 Å². The molecule has 0 saturated heterocycles. The van der Waals surface area contributed by atoms with Crippen molar-refractivity contribution < 1.29 is 86.2 Å². The maximum atomic E-state index is 12.0. The first-order valence-electron chi connectivity index (χ1n) is 15.8. The minimum Gasteiger partial charge on any atom is -0.506 e. The zero-order valence-electron chi connectivity index (χ0n) is 29.7. The molecule has 1 radical (unpaired) electrons. The largest absolute Gasteiger partial charge is 0.506 e. The quantitative estimate of drug-likeness (QED) is 0.00988. The van der Waals surface area contributed by atoms with E-state index < -0.39 is 68.7 Å². The van der Waals surface area contributed by atoms with Crippen LogP contribution in [0.15, 0.2) is 135 Å². The van der Waals surface area contributed by atoms with Crippen molar-refractivity contribution in [1.29, 1.82) is 0 Å². The first-order valence-corrected chi connectivity index (χ1v) is 20.9. The van der Waals surface area contributed by atoms with Crippen LogP contribution in [-0.2, 0) is 46.7 Å². The number of benzene rings is 6. The summed E-state index contributed by atoms with van der Waals surface area (Å²) in [5.41, 5.74) is 4.90. The number of ether oxygens (including phenoxy) is 1. The first-order chi connectivity index (χ1) is 27.8. The Hall–Kier alpha value is -5.36. The molecule has 0 aliphatic heterocycles. The third kappa shape index (κ3) is 10.1. The molecule has 0 atom stereocenters. The Morgan fingerprint density at radius 2 is 1.25 bits per heavy atom. The number of methoxy groups -OCH3 is 1. The van der Waals surface area contributed by atoms with Gasteiger partial charge in [0.15, 0.2) is 5.75 Å².